The van der Waals surface area contributed by atoms with E-state index in [0.29, 0.717) is 18.0 Å². The van der Waals surface area contributed by atoms with Crippen LogP contribution in [0.2, 0.25) is 5.02 Å². The predicted octanol–water partition coefficient (Wildman–Crippen LogP) is 3.23. The summed E-state index contributed by atoms with van der Waals surface area (Å²) in [6, 6.07) is 14.3. The first-order valence-corrected chi connectivity index (χ1v) is 8.48. The van der Waals surface area contributed by atoms with Gasteiger partial charge in [-0.1, -0.05) is 54.1 Å². The zero-order valence-electron chi connectivity index (χ0n) is 13.3. The summed E-state index contributed by atoms with van der Waals surface area (Å²) in [6.07, 6.45) is 0.373. The van der Waals surface area contributed by atoms with E-state index in [9.17, 15) is 14.9 Å². The summed E-state index contributed by atoms with van der Waals surface area (Å²) >= 11 is 5.96. The highest BCUT2D eigenvalue weighted by atomic mass is 35.5. The van der Waals surface area contributed by atoms with E-state index < -0.39 is 18.1 Å². The van der Waals surface area contributed by atoms with Crippen molar-refractivity contribution in [1.29, 1.82) is 0 Å². The standard InChI is InChI=1S/C18H16ClN3O3/c19-14-8-6-13(7-9-14)17-18(22(24)25)16(12-4-2-1-3-5-12)20-11-10-15(23)21(17)20/h1-9,16-18H,10-11H2/t16-,17+,18-/m1/s1. The molecule has 128 valence electrons. The Morgan fingerprint density at radius 2 is 1.64 bits per heavy atom. The number of nitro groups is 1. The number of carbonyl (C=O) groups is 1. The number of fused-ring (bicyclic) bond motifs is 1. The summed E-state index contributed by atoms with van der Waals surface area (Å²) < 4.78 is 0. The van der Waals surface area contributed by atoms with Gasteiger partial charge in [0.15, 0.2) is 0 Å². The Kier molecular flexibility index (Phi) is 3.94. The molecule has 3 atom stereocenters. The van der Waals surface area contributed by atoms with Crippen molar-refractivity contribution in [2.24, 2.45) is 0 Å². The molecule has 2 aliphatic heterocycles. The molecule has 0 bridgehead atoms. The second-order valence-corrected chi connectivity index (χ2v) is 6.72. The maximum atomic E-state index is 12.5. The van der Waals surface area contributed by atoms with Gasteiger partial charge in [0.2, 0.25) is 5.91 Å². The van der Waals surface area contributed by atoms with Crippen LogP contribution in [0.15, 0.2) is 54.6 Å². The molecule has 2 fully saturated rings. The number of nitrogens with zero attached hydrogens (tertiary/aromatic N) is 3. The van der Waals surface area contributed by atoms with Crippen LogP contribution in [0, 0.1) is 10.1 Å². The zero-order valence-corrected chi connectivity index (χ0v) is 14.0. The summed E-state index contributed by atoms with van der Waals surface area (Å²) in [6.45, 7) is 0.493. The van der Waals surface area contributed by atoms with Gasteiger partial charge in [0.25, 0.3) is 6.04 Å². The molecule has 1 amide bonds. The summed E-state index contributed by atoms with van der Waals surface area (Å²) in [5.41, 5.74) is 1.57. The van der Waals surface area contributed by atoms with E-state index in [2.05, 4.69) is 0 Å². The molecule has 2 heterocycles. The van der Waals surface area contributed by atoms with Crippen LogP contribution in [0.1, 0.15) is 29.6 Å². The average Bonchev–Trinajstić information content (AvgIpc) is 3.14. The van der Waals surface area contributed by atoms with Crippen molar-refractivity contribution >= 4 is 17.5 Å². The minimum Gasteiger partial charge on any atom is -0.273 e. The first kappa shape index (κ1) is 16.1. The lowest BCUT2D eigenvalue weighted by Crippen LogP contribution is -2.35. The van der Waals surface area contributed by atoms with Gasteiger partial charge in [-0.05, 0) is 23.3 Å². The van der Waals surface area contributed by atoms with E-state index in [0.717, 1.165) is 11.1 Å². The fourth-order valence-corrected chi connectivity index (χ4v) is 4.03. The number of hydrazine groups is 1. The Labute approximate surface area is 149 Å². The summed E-state index contributed by atoms with van der Waals surface area (Å²) in [5, 5.41) is 16.0. The van der Waals surface area contributed by atoms with Crippen LogP contribution in [-0.4, -0.2) is 33.4 Å². The number of halogens is 1. The zero-order chi connectivity index (χ0) is 17.6. The number of benzene rings is 2. The largest absolute Gasteiger partial charge is 0.273 e. The lowest BCUT2D eigenvalue weighted by atomic mass is 9.91. The van der Waals surface area contributed by atoms with Crippen molar-refractivity contribution in [3.8, 4) is 0 Å². The second kappa shape index (κ2) is 6.13. The van der Waals surface area contributed by atoms with E-state index in [1.54, 1.807) is 29.3 Å². The number of hydrogen-bond acceptors (Lipinski definition) is 4. The topological polar surface area (TPSA) is 66.7 Å². The van der Waals surface area contributed by atoms with Crippen molar-refractivity contribution in [1.82, 2.24) is 10.0 Å². The molecule has 2 aromatic rings. The lowest BCUT2D eigenvalue weighted by Gasteiger charge is -2.26. The fourth-order valence-electron chi connectivity index (χ4n) is 3.91. The minimum atomic E-state index is -0.937. The lowest BCUT2D eigenvalue weighted by molar-refractivity contribution is -0.530. The summed E-state index contributed by atoms with van der Waals surface area (Å²) in [7, 11) is 0. The summed E-state index contributed by atoms with van der Waals surface area (Å²) in [4.78, 5) is 24.2. The molecule has 0 spiro atoms. The van der Waals surface area contributed by atoms with Gasteiger partial charge >= 0.3 is 0 Å². The van der Waals surface area contributed by atoms with E-state index in [4.69, 9.17) is 11.6 Å². The molecule has 0 radical (unpaired) electrons. The van der Waals surface area contributed by atoms with Crippen molar-refractivity contribution < 1.29 is 9.72 Å². The molecule has 2 saturated heterocycles. The Bertz CT molecular complexity index is 812. The molecule has 0 N–H and O–H groups in total. The molecule has 25 heavy (non-hydrogen) atoms. The van der Waals surface area contributed by atoms with Crippen LogP contribution in [0.5, 0.6) is 0 Å². The molecule has 6 nitrogen and oxygen atoms in total. The first-order chi connectivity index (χ1) is 12.1. The Hall–Kier alpha value is -2.44. The third kappa shape index (κ3) is 2.58. The Balaban J connectivity index is 1.85. The summed E-state index contributed by atoms with van der Waals surface area (Å²) in [5.74, 6) is -0.0785. The highest BCUT2D eigenvalue weighted by Crippen LogP contribution is 2.48. The molecule has 0 saturated carbocycles. The Morgan fingerprint density at radius 1 is 1.00 bits per heavy atom. The van der Waals surface area contributed by atoms with Gasteiger partial charge in [-0.15, -0.1) is 0 Å². The SMILES string of the molecule is O=C1CCN2[C@H](c3ccccc3)[C@@H]([N+](=O)[O-])[C@H](c3ccc(Cl)cc3)N12. The van der Waals surface area contributed by atoms with Crippen molar-refractivity contribution in [3.05, 3.63) is 80.9 Å². The minimum absolute atomic E-state index is 0.0785. The molecular formula is C18H16ClN3O3. The molecule has 0 aromatic heterocycles. The molecule has 0 aliphatic carbocycles. The molecule has 0 unspecified atom stereocenters. The van der Waals surface area contributed by atoms with E-state index >= 15 is 0 Å². The van der Waals surface area contributed by atoms with Gasteiger partial charge in [-0.3, -0.25) is 19.9 Å². The second-order valence-electron chi connectivity index (χ2n) is 6.28. The maximum absolute atomic E-state index is 12.5. The smallest absolute Gasteiger partial charge is 0.259 e. The van der Waals surface area contributed by atoms with Gasteiger partial charge in [0.1, 0.15) is 12.1 Å². The van der Waals surface area contributed by atoms with Gasteiger partial charge in [-0.2, -0.15) is 0 Å². The van der Waals surface area contributed by atoms with Crippen molar-refractivity contribution in [2.45, 2.75) is 24.5 Å². The maximum Gasteiger partial charge on any atom is 0.259 e. The third-order valence-electron chi connectivity index (χ3n) is 4.91. The van der Waals surface area contributed by atoms with Crippen molar-refractivity contribution in [2.75, 3.05) is 6.54 Å². The molecule has 2 aromatic carbocycles. The van der Waals surface area contributed by atoms with Crippen LogP contribution in [-0.2, 0) is 4.79 Å². The van der Waals surface area contributed by atoms with Crippen LogP contribution < -0.4 is 0 Å². The van der Waals surface area contributed by atoms with Crippen molar-refractivity contribution in [3.63, 3.8) is 0 Å². The van der Waals surface area contributed by atoms with Gasteiger partial charge < -0.3 is 0 Å². The van der Waals surface area contributed by atoms with Gasteiger partial charge in [0, 0.05) is 22.9 Å². The fraction of sp³-hybridized carbons (Fsp3) is 0.278. The van der Waals surface area contributed by atoms with Gasteiger partial charge in [-0.25, -0.2) is 5.01 Å². The molecule has 2 aliphatic rings. The Morgan fingerprint density at radius 3 is 2.28 bits per heavy atom. The average molecular weight is 358 g/mol. The number of amides is 1. The molecular weight excluding hydrogens is 342 g/mol. The number of hydrogen-bond donors (Lipinski definition) is 0. The highest BCUT2D eigenvalue weighted by Gasteiger charge is 2.59. The van der Waals surface area contributed by atoms with Crippen LogP contribution >= 0.6 is 11.6 Å². The number of carbonyl (C=O) groups excluding carboxylic acids is 1. The van der Waals surface area contributed by atoms with Crippen LogP contribution in [0.25, 0.3) is 0 Å². The van der Waals surface area contributed by atoms with Crippen LogP contribution in [0.4, 0.5) is 0 Å². The monoisotopic (exact) mass is 357 g/mol. The van der Waals surface area contributed by atoms with E-state index in [-0.39, 0.29) is 10.8 Å². The van der Waals surface area contributed by atoms with E-state index in [1.165, 1.54) is 0 Å². The normalized spacial score (nSPS) is 26.0. The predicted molar refractivity (Wildman–Crippen MR) is 92.3 cm³/mol. The number of rotatable bonds is 3. The first-order valence-electron chi connectivity index (χ1n) is 8.10. The molecule has 7 heteroatoms. The molecule has 4 rings (SSSR count). The third-order valence-corrected chi connectivity index (χ3v) is 5.17. The van der Waals surface area contributed by atoms with Gasteiger partial charge in [0.05, 0.1) is 0 Å². The quantitative estimate of drug-likeness (QED) is 0.624. The highest BCUT2D eigenvalue weighted by molar-refractivity contribution is 6.30. The van der Waals surface area contributed by atoms with E-state index in [1.807, 2.05) is 35.3 Å². The van der Waals surface area contributed by atoms with Crippen LogP contribution in [0.3, 0.4) is 0 Å².